The summed E-state index contributed by atoms with van der Waals surface area (Å²) in [4.78, 5) is 22.3. The Balaban J connectivity index is 0.00000122. The van der Waals surface area contributed by atoms with Crippen molar-refractivity contribution in [2.24, 2.45) is 0 Å². The highest BCUT2D eigenvalue weighted by molar-refractivity contribution is 7.97. The third-order valence-corrected chi connectivity index (χ3v) is 2.33. The summed E-state index contributed by atoms with van der Waals surface area (Å²) in [6.07, 6.45) is 4.27. The number of ether oxygens (including phenoxy) is 1. The van der Waals surface area contributed by atoms with Gasteiger partial charge in [-0.3, -0.25) is 10.1 Å². The summed E-state index contributed by atoms with van der Waals surface area (Å²) >= 11 is 1.75. The average molecular weight is 312 g/mol. The molecule has 6 heteroatoms. The fraction of sp³-hybridized carbons (Fsp3) is 0.467. The van der Waals surface area contributed by atoms with Crippen LogP contribution in [0.15, 0.2) is 24.3 Å². The van der Waals surface area contributed by atoms with Crippen LogP contribution in [0.1, 0.15) is 27.2 Å². The van der Waals surface area contributed by atoms with Crippen molar-refractivity contribution in [2.75, 3.05) is 23.1 Å². The monoisotopic (exact) mass is 312 g/mol. The predicted octanol–water partition coefficient (Wildman–Crippen LogP) is 3.97. The van der Waals surface area contributed by atoms with Gasteiger partial charge in [0.2, 0.25) is 5.91 Å². The summed E-state index contributed by atoms with van der Waals surface area (Å²) in [6, 6.07) is 6.81. The summed E-state index contributed by atoms with van der Waals surface area (Å²) in [6.45, 7) is 5.22. The lowest BCUT2D eigenvalue weighted by Gasteiger charge is -2.12. The highest BCUT2D eigenvalue weighted by Gasteiger charge is 2.07. The van der Waals surface area contributed by atoms with Crippen molar-refractivity contribution < 1.29 is 14.3 Å². The van der Waals surface area contributed by atoms with Crippen molar-refractivity contribution >= 4 is 35.1 Å². The largest absolute Gasteiger partial charge is 0.446 e. The molecule has 1 atom stereocenters. The Labute approximate surface area is 130 Å². The average Bonchev–Trinajstić information content (AvgIpc) is 2.41. The normalized spacial score (nSPS) is 10.7. The van der Waals surface area contributed by atoms with Crippen LogP contribution in [0.3, 0.4) is 0 Å². The number of hydrogen-bond donors (Lipinski definition) is 2. The van der Waals surface area contributed by atoms with Crippen LogP contribution >= 0.6 is 11.8 Å². The number of carbonyl (C=O) groups is 2. The summed E-state index contributed by atoms with van der Waals surface area (Å²) in [5.41, 5.74) is 1.31. The highest BCUT2D eigenvalue weighted by atomic mass is 32.2. The standard InChI is InChI=1S/C13H18N2O3.C2H6S/c1-4-9(2)18-13(17)15-12-7-5-11(6-8-12)14-10(3)16;1-3-2/h5-9H,4H2,1-3H3,(H,14,16)(H,15,17);1-2H3. The van der Waals surface area contributed by atoms with E-state index in [2.05, 4.69) is 10.6 Å². The lowest BCUT2D eigenvalue weighted by Crippen LogP contribution is -2.19. The molecule has 1 aromatic carbocycles. The van der Waals surface area contributed by atoms with E-state index < -0.39 is 6.09 Å². The number of rotatable bonds is 4. The molecule has 0 saturated heterocycles. The number of anilines is 2. The smallest absolute Gasteiger partial charge is 0.411 e. The molecular weight excluding hydrogens is 288 g/mol. The second-order valence-electron chi connectivity index (χ2n) is 4.42. The van der Waals surface area contributed by atoms with Crippen molar-refractivity contribution in [3.63, 3.8) is 0 Å². The number of hydrogen-bond acceptors (Lipinski definition) is 4. The Morgan fingerprint density at radius 1 is 1.14 bits per heavy atom. The molecule has 1 unspecified atom stereocenters. The van der Waals surface area contributed by atoms with Crippen LogP contribution in [-0.4, -0.2) is 30.6 Å². The predicted molar refractivity (Wildman–Crippen MR) is 90.0 cm³/mol. The molecule has 0 radical (unpaired) electrons. The van der Waals surface area contributed by atoms with Gasteiger partial charge in [-0.2, -0.15) is 11.8 Å². The maximum Gasteiger partial charge on any atom is 0.411 e. The first-order valence-electron chi connectivity index (χ1n) is 6.68. The number of benzene rings is 1. The second-order valence-corrected chi connectivity index (χ2v) is 5.23. The minimum absolute atomic E-state index is 0.108. The topological polar surface area (TPSA) is 67.4 Å². The van der Waals surface area contributed by atoms with Gasteiger partial charge in [0, 0.05) is 18.3 Å². The number of thioether (sulfide) groups is 1. The number of amides is 2. The number of carbonyl (C=O) groups excluding carboxylic acids is 2. The Morgan fingerprint density at radius 2 is 1.57 bits per heavy atom. The minimum Gasteiger partial charge on any atom is -0.446 e. The zero-order valence-corrected chi connectivity index (χ0v) is 14.0. The lowest BCUT2D eigenvalue weighted by atomic mass is 10.3. The van der Waals surface area contributed by atoms with E-state index in [0.717, 1.165) is 6.42 Å². The van der Waals surface area contributed by atoms with Gasteiger partial charge in [0.05, 0.1) is 0 Å². The molecule has 21 heavy (non-hydrogen) atoms. The minimum atomic E-state index is -0.475. The van der Waals surface area contributed by atoms with Gasteiger partial charge in [-0.1, -0.05) is 6.92 Å². The molecule has 0 bridgehead atoms. The van der Waals surface area contributed by atoms with E-state index in [-0.39, 0.29) is 12.0 Å². The van der Waals surface area contributed by atoms with Crippen molar-refractivity contribution in [3.8, 4) is 0 Å². The van der Waals surface area contributed by atoms with E-state index in [1.165, 1.54) is 6.92 Å². The van der Waals surface area contributed by atoms with Crippen LogP contribution < -0.4 is 10.6 Å². The van der Waals surface area contributed by atoms with Crippen molar-refractivity contribution in [3.05, 3.63) is 24.3 Å². The van der Waals surface area contributed by atoms with Gasteiger partial charge in [0.1, 0.15) is 6.10 Å². The van der Waals surface area contributed by atoms with Crippen molar-refractivity contribution in [2.45, 2.75) is 33.3 Å². The van der Waals surface area contributed by atoms with E-state index in [1.54, 1.807) is 36.0 Å². The summed E-state index contributed by atoms with van der Waals surface area (Å²) in [5.74, 6) is -0.133. The summed E-state index contributed by atoms with van der Waals surface area (Å²) < 4.78 is 5.08. The molecule has 0 saturated carbocycles. The van der Waals surface area contributed by atoms with Gasteiger partial charge < -0.3 is 10.1 Å². The molecule has 0 heterocycles. The van der Waals surface area contributed by atoms with Gasteiger partial charge >= 0.3 is 6.09 Å². The van der Waals surface area contributed by atoms with E-state index in [4.69, 9.17) is 4.74 Å². The number of nitrogens with one attached hydrogen (secondary N) is 2. The van der Waals surface area contributed by atoms with Crippen LogP contribution in [-0.2, 0) is 9.53 Å². The fourth-order valence-electron chi connectivity index (χ4n) is 1.25. The molecule has 2 amide bonds. The maximum absolute atomic E-state index is 11.4. The molecule has 5 nitrogen and oxygen atoms in total. The Morgan fingerprint density at radius 3 is 1.95 bits per heavy atom. The van der Waals surface area contributed by atoms with Gasteiger partial charge in [0.25, 0.3) is 0 Å². The van der Waals surface area contributed by atoms with Crippen LogP contribution in [0.5, 0.6) is 0 Å². The Kier molecular flexibility index (Phi) is 10.1. The summed E-state index contributed by atoms with van der Waals surface area (Å²) in [7, 11) is 0. The maximum atomic E-state index is 11.4. The zero-order chi connectivity index (χ0) is 16.3. The fourth-order valence-corrected chi connectivity index (χ4v) is 1.25. The van der Waals surface area contributed by atoms with E-state index in [0.29, 0.717) is 11.4 Å². The zero-order valence-electron chi connectivity index (χ0n) is 13.2. The van der Waals surface area contributed by atoms with Crippen LogP contribution in [0, 0.1) is 0 Å². The van der Waals surface area contributed by atoms with E-state index in [1.807, 2.05) is 26.4 Å². The molecule has 0 aliphatic carbocycles. The molecular formula is C15H24N2O3S. The van der Waals surface area contributed by atoms with Crippen LogP contribution in [0.2, 0.25) is 0 Å². The van der Waals surface area contributed by atoms with Gasteiger partial charge in [-0.25, -0.2) is 4.79 Å². The first-order valence-corrected chi connectivity index (χ1v) is 8.31. The first kappa shape index (κ1) is 19.3. The highest BCUT2D eigenvalue weighted by Crippen LogP contribution is 2.14. The van der Waals surface area contributed by atoms with Gasteiger partial charge in [-0.05, 0) is 50.1 Å². The Bertz CT molecular complexity index is 435. The van der Waals surface area contributed by atoms with Crippen LogP contribution in [0.4, 0.5) is 16.2 Å². The molecule has 1 aromatic rings. The molecule has 0 fully saturated rings. The van der Waals surface area contributed by atoms with Crippen molar-refractivity contribution in [1.29, 1.82) is 0 Å². The molecule has 118 valence electrons. The molecule has 0 aliphatic rings. The molecule has 0 spiro atoms. The lowest BCUT2D eigenvalue weighted by molar-refractivity contribution is -0.114. The summed E-state index contributed by atoms with van der Waals surface area (Å²) in [5, 5.41) is 5.26. The molecule has 2 N–H and O–H groups in total. The Hall–Kier alpha value is -1.69. The quantitative estimate of drug-likeness (QED) is 0.882. The van der Waals surface area contributed by atoms with E-state index >= 15 is 0 Å². The second kappa shape index (κ2) is 11.0. The van der Waals surface area contributed by atoms with Gasteiger partial charge in [-0.15, -0.1) is 0 Å². The SMILES string of the molecule is CCC(C)OC(=O)Nc1ccc(NC(C)=O)cc1.CSC. The van der Waals surface area contributed by atoms with Crippen LogP contribution in [0.25, 0.3) is 0 Å². The van der Waals surface area contributed by atoms with E-state index in [9.17, 15) is 9.59 Å². The first-order chi connectivity index (χ1) is 9.92. The molecule has 0 aromatic heterocycles. The van der Waals surface area contributed by atoms with Crippen molar-refractivity contribution in [1.82, 2.24) is 0 Å². The molecule has 1 rings (SSSR count). The third kappa shape index (κ3) is 9.79. The van der Waals surface area contributed by atoms with Gasteiger partial charge in [0.15, 0.2) is 0 Å². The molecule has 0 aliphatic heterocycles. The third-order valence-electron chi connectivity index (χ3n) is 2.33.